The molecule has 20 heavy (non-hydrogen) atoms. The maximum atomic E-state index is 6.18. The van der Waals surface area contributed by atoms with Crippen LogP contribution in [0.5, 0.6) is 11.5 Å². The first-order valence-electron chi connectivity index (χ1n) is 6.84. The molecule has 0 aliphatic carbocycles. The Hall–Kier alpha value is -1.28. The number of benzene rings is 2. The Morgan fingerprint density at radius 1 is 1.00 bits per heavy atom. The average Bonchev–Trinajstić information content (AvgIpc) is 2.40. The SMILES string of the molecule is Cc1ccc(Oc2ccccc2C(C)(C)C)c(CBr)c1. The smallest absolute Gasteiger partial charge is 0.131 e. The normalized spacial score (nSPS) is 11.4. The fraction of sp³-hybridized carbons (Fsp3) is 0.333. The van der Waals surface area contributed by atoms with Crippen molar-refractivity contribution in [1.82, 2.24) is 0 Å². The first-order chi connectivity index (χ1) is 9.41. The summed E-state index contributed by atoms with van der Waals surface area (Å²) in [6, 6.07) is 14.5. The second-order valence-corrected chi connectivity index (χ2v) is 6.65. The topological polar surface area (TPSA) is 9.23 Å². The number of para-hydroxylation sites is 1. The molecule has 0 atom stereocenters. The van der Waals surface area contributed by atoms with Crippen LogP contribution in [0.25, 0.3) is 0 Å². The summed E-state index contributed by atoms with van der Waals surface area (Å²) in [6.45, 7) is 8.71. The molecule has 0 amide bonds. The number of hydrogen-bond acceptors (Lipinski definition) is 1. The van der Waals surface area contributed by atoms with Crippen LogP contribution in [-0.2, 0) is 10.7 Å². The van der Waals surface area contributed by atoms with E-state index >= 15 is 0 Å². The van der Waals surface area contributed by atoms with E-state index in [1.165, 1.54) is 16.7 Å². The second-order valence-electron chi connectivity index (χ2n) is 6.09. The number of hydrogen-bond donors (Lipinski definition) is 0. The molecule has 0 aliphatic rings. The van der Waals surface area contributed by atoms with Gasteiger partial charge in [0.1, 0.15) is 11.5 Å². The lowest BCUT2D eigenvalue weighted by molar-refractivity contribution is 0.452. The van der Waals surface area contributed by atoms with Gasteiger partial charge in [-0.15, -0.1) is 0 Å². The van der Waals surface area contributed by atoms with E-state index < -0.39 is 0 Å². The van der Waals surface area contributed by atoms with Gasteiger partial charge in [-0.05, 0) is 24.5 Å². The van der Waals surface area contributed by atoms with Gasteiger partial charge in [-0.1, -0.05) is 72.6 Å². The molecule has 0 radical (unpaired) electrons. The molecule has 106 valence electrons. The highest BCUT2D eigenvalue weighted by molar-refractivity contribution is 9.08. The third-order valence-corrected chi connectivity index (χ3v) is 3.88. The Kier molecular flexibility index (Phi) is 4.54. The third kappa shape index (κ3) is 3.43. The van der Waals surface area contributed by atoms with E-state index in [1.54, 1.807) is 0 Å². The zero-order valence-electron chi connectivity index (χ0n) is 12.5. The Bertz CT molecular complexity index is 597. The van der Waals surface area contributed by atoms with Crippen molar-refractivity contribution < 1.29 is 4.74 Å². The highest BCUT2D eigenvalue weighted by Gasteiger charge is 2.19. The summed E-state index contributed by atoms with van der Waals surface area (Å²) in [5.74, 6) is 1.86. The van der Waals surface area contributed by atoms with Crippen LogP contribution in [0, 0.1) is 6.92 Å². The maximum absolute atomic E-state index is 6.18. The van der Waals surface area contributed by atoms with Gasteiger partial charge in [-0.3, -0.25) is 0 Å². The molecule has 0 N–H and O–H groups in total. The van der Waals surface area contributed by atoms with Gasteiger partial charge in [0, 0.05) is 16.5 Å². The molecule has 0 heterocycles. The van der Waals surface area contributed by atoms with Gasteiger partial charge < -0.3 is 4.74 Å². The van der Waals surface area contributed by atoms with Gasteiger partial charge in [-0.2, -0.15) is 0 Å². The van der Waals surface area contributed by atoms with Crippen molar-refractivity contribution in [3.05, 3.63) is 59.2 Å². The molecule has 0 saturated heterocycles. The Labute approximate surface area is 130 Å². The molecule has 0 bridgehead atoms. The summed E-state index contributed by atoms with van der Waals surface area (Å²) in [5.41, 5.74) is 3.71. The van der Waals surface area contributed by atoms with Crippen LogP contribution < -0.4 is 4.74 Å². The van der Waals surface area contributed by atoms with Crippen molar-refractivity contribution in [2.24, 2.45) is 0 Å². The monoisotopic (exact) mass is 332 g/mol. The lowest BCUT2D eigenvalue weighted by Gasteiger charge is -2.23. The standard InChI is InChI=1S/C18H21BrO/c1-13-9-10-16(14(11-13)12-19)20-17-8-6-5-7-15(17)18(2,3)4/h5-11H,12H2,1-4H3. The summed E-state index contributed by atoms with van der Waals surface area (Å²) in [5, 5.41) is 0.793. The fourth-order valence-electron chi connectivity index (χ4n) is 2.21. The fourth-order valence-corrected chi connectivity index (χ4v) is 2.64. The van der Waals surface area contributed by atoms with E-state index in [-0.39, 0.29) is 5.41 Å². The van der Waals surface area contributed by atoms with E-state index in [1.807, 2.05) is 18.2 Å². The molecular weight excluding hydrogens is 312 g/mol. The number of rotatable bonds is 3. The zero-order valence-corrected chi connectivity index (χ0v) is 14.1. The molecular formula is C18H21BrO. The van der Waals surface area contributed by atoms with E-state index in [4.69, 9.17) is 4.74 Å². The van der Waals surface area contributed by atoms with Crippen molar-refractivity contribution in [3.8, 4) is 11.5 Å². The first-order valence-corrected chi connectivity index (χ1v) is 7.97. The lowest BCUT2D eigenvalue weighted by Crippen LogP contribution is -2.12. The van der Waals surface area contributed by atoms with Crippen molar-refractivity contribution in [3.63, 3.8) is 0 Å². The third-order valence-electron chi connectivity index (χ3n) is 3.27. The number of halogens is 1. The molecule has 0 unspecified atom stereocenters. The van der Waals surface area contributed by atoms with E-state index in [0.29, 0.717) is 0 Å². The van der Waals surface area contributed by atoms with Gasteiger partial charge in [0.05, 0.1) is 0 Å². The lowest BCUT2D eigenvalue weighted by atomic mass is 9.86. The molecule has 0 saturated carbocycles. The van der Waals surface area contributed by atoms with Gasteiger partial charge in [-0.25, -0.2) is 0 Å². The van der Waals surface area contributed by atoms with Gasteiger partial charge in [0.2, 0.25) is 0 Å². The minimum atomic E-state index is 0.0653. The number of alkyl halides is 1. The largest absolute Gasteiger partial charge is 0.457 e. The van der Waals surface area contributed by atoms with Gasteiger partial charge >= 0.3 is 0 Å². The van der Waals surface area contributed by atoms with Crippen LogP contribution >= 0.6 is 15.9 Å². The Morgan fingerprint density at radius 3 is 2.35 bits per heavy atom. The molecule has 0 spiro atoms. The van der Waals surface area contributed by atoms with Crippen LogP contribution in [0.4, 0.5) is 0 Å². The molecule has 0 aliphatic heterocycles. The highest BCUT2D eigenvalue weighted by Crippen LogP contribution is 2.35. The summed E-state index contributed by atoms with van der Waals surface area (Å²) < 4.78 is 6.18. The van der Waals surface area contributed by atoms with Crippen molar-refractivity contribution in [2.45, 2.75) is 38.4 Å². The number of aryl methyl sites for hydroxylation is 1. The average molecular weight is 333 g/mol. The predicted molar refractivity (Wildman–Crippen MR) is 89.0 cm³/mol. The van der Waals surface area contributed by atoms with Crippen LogP contribution in [0.3, 0.4) is 0 Å². The molecule has 2 rings (SSSR count). The minimum absolute atomic E-state index is 0.0653. The summed E-state index contributed by atoms with van der Waals surface area (Å²) in [7, 11) is 0. The van der Waals surface area contributed by atoms with Gasteiger partial charge in [0.25, 0.3) is 0 Å². The van der Waals surface area contributed by atoms with Crippen molar-refractivity contribution >= 4 is 15.9 Å². The quantitative estimate of drug-likeness (QED) is 0.628. The summed E-state index contributed by atoms with van der Waals surface area (Å²) in [4.78, 5) is 0. The molecule has 0 aromatic heterocycles. The molecule has 0 fully saturated rings. The van der Waals surface area contributed by atoms with Crippen molar-refractivity contribution in [1.29, 1.82) is 0 Å². The summed E-state index contributed by atoms with van der Waals surface area (Å²) >= 11 is 3.53. The first kappa shape index (κ1) is 15.1. The van der Waals surface area contributed by atoms with Crippen LogP contribution in [0.1, 0.15) is 37.5 Å². The second kappa shape index (κ2) is 6.01. The van der Waals surface area contributed by atoms with Crippen molar-refractivity contribution in [2.75, 3.05) is 0 Å². The summed E-state index contributed by atoms with van der Waals surface area (Å²) in [6.07, 6.45) is 0. The minimum Gasteiger partial charge on any atom is -0.457 e. The maximum Gasteiger partial charge on any atom is 0.131 e. The zero-order chi connectivity index (χ0) is 14.8. The molecule has 2 aromatic rings. The number of ether oxygens (including phenoxy) is 1. The predicted octanol–water partition coefficient (Wildman–Crippen LogP) is 5.98. The highest BCUT2D eigenvalue weighted by atomic mass is 79.9. The van der Waals surface area contributed by atoms with Gasteiger partial charge in [0.15, 0.2) is 0 Å². The van der Waals surface area contributed by atoms with E-state index in [2.05, 4.69) is 67.9 Å². The van der Waals surface area contributed by atoms with E-state index in [9.17, 15) is 0 Å². The molecule has 2 aromatic carbocycles. The molecule has 2 heteroatoms. The van der Waals surface area contributed by atoms with Crippen LogP contribution in [0.2, 0.25) is 0 Å². The van der Waals surface area contributed by atoms with Crippen LogP contribution in [-0.4, -0.2) is 0 Å². The van der Waals surface area contributed by atoms with E-state index in [0.717, 1.165) is 16.8 Å². The Balaban J connectivity index is 2.41. The Morgan fingerprint density at radius 2 is 1.70 bits per heavy atom. The molecule has 1 nitrogen and oxygen atoms in total. The van der Waals surface area contributed by atoms with Crippen LogP contribution in [0.15, 0.2) is 42.5 Å².